The first-order valence-electron chi connectivity index (χ1n) is 6.59. The Balaban J connectivity index is 1.99. The van der Waals surface area contributed by atoms with Gasteiger partial charge in [0, 0.05) is 12.6 Å². The Morgan fingerprint density at radius 3 is 2.87 bits per heavy atom. The van der Waals surface area contributed by atoms with Crippen molar-refractivity contribution >= 4 is 0 Å². The van der Waals surface area contributed by atoms with Crippen molar-refractivity contribution in [3.05, 3.63) is 0 Å². The fraction of sp³-hybridized carbons (Fsp3) is 1.00. The smallest absolute Gasteiger partial charge is 0.0577 e. The van der Waals surface area contributed by atoms with Gasteiger partial charge in [0.15, 0.2) is 0 Å². The van der Waals surface area contributed by atoms with Gasteiger partial charge < -0.3 is 10.5 Å². The van der Waals surface area contributed by atoms with Gasteiger partial charge >= 0.3 is 0 Å². The van der Waals surface area contributed by atoms with Crippen molar-refractivity contribution in [2.75, 3.05) is 6.61 Å². The summed E-state index contributed by atoms with van der Waals surface area (Å²) in [5.74, 6) is 0.863. The van der Waals surface area contributed by atoms with Crippen molar-refractivity contribution in [2.24, 2.45) is 11.7 Å². The quantitative estimate of drug-likeness (QED) is 0.688. The molecule has 1 aliphatic rings. The van der Waals surface area contributed by atoms with Crippen LogP contribution in [0.1, 0.15) is 58.8 Å². The molecule has 0 spiro atoms. The Bertz CT molecular complexity index is 161. The van der Waals surface area contributed by atoms with Crippen LogP contribution in [0.15, 0.2) is 0 Å². The second-order valence-electron chi connectivity index (χ2n) is 5.08. The molecule has 15 heavy (non-hydrogen) atoms. The van der Waals surface area contributed by atoms with Crippen LogP contribution in [0, 0.1) is 5.92 Å². The van der Waals surface area contributed by atoms with Gasteiger partial charge in [0.1, 0.15) is 0 Å². The largest absolute Gasteiger partial charge is 0.378 e. The van der Waals surface area contributed by atoms with Gasteiger partial charge in [0.05, 0.1) is 6.10 Å². The summed E-state index contributed by atoms with van der Waals surface area (Å²) >= 11 is 0. The molecule has 3 atom stereocenters. The van der Waals surface area contributed by atoms with E-state index in [2.05, 4.69) is 13.8 Å². The molecule has 0 radical (unpaired) electrons. The Morgan fingerprint density at radius 1 is 1.40 bits per heavy atom. The van der Waals surface area contributed by atoms with Crippen LogP contribution >= 0.6 is 0 Å². The molecule has 0 bridgehead atoms. The molecular formula is C13H27NO. The van der Waals surface area contributed by atoms with Crippen molar-refractivity contribution in [3.8, 4) is 0 Å². The second-order valence-corrected chi connectivity index (χ2v) is 5.08. The summed E-state index contributed by atoms with van der Waals surface area (Å²) in [6.07, 6.45) is 9.12. The van der Waals surface area contributed by atoms with Crippen molar-refractivity contribution in [1.82, 2.24) is 0 Å². The van der Waals surface area contributed by atoms with Gasteiger partial charge in [-0.15, -0.1) is 0 Å². The average Bonchev–Trinajstić information content (AvgIpc) is 2.24. The number of nitrogens with two attached hydrogens (primary N) is 1. The highest BCUT2D eigenvalue weighted by atomic mass is 16.5. The van der Waals surface area contributed by atoms with Crippen LogP contribution in [0.2, 0.25) is 0 Å². The summed E-state index contributed by atoms with van der Waals surface area (Å²) < 4.78 is 5.89. The normalized spacial score (nSPS) is 29.0. The van der Waals surface area contributed by atoms with E-state index in [-0.39, 0.29) is 0 Å². The molecule has 0 amide bonds. The zero-order chi connectivity index (χ0) is 11.1. The van der Waals surface area contributed by atoms with Gasteiger partial charge in [-0.25, -0.2) is 0 Å². The lowest BCUT2D eigenvalue weighted by Crippen LogP contribution is -2.23. The number of ether oxygens (including phenoxy) is 1. The fourth-order valence-corrected chi connectivity index (χ4v) is 2.33. The lowest BCUT2D eigenvalue weighted by atomic mass is 9.89. The maximum atomic E-state index is 5.89. The minimum Gasteiger partial charge on any atom is -0.378 e. The van der Waals surface area contributed by atoms with Crippen LogP contribution in [0.3, 0.4) is 0 Å². The monoisotopic (exact) mass is 213 g/mol. The van der Waals surface area contributed by atoms with Gasteiger partial charge in [0.25, 0.3) is 0 Å². The summed E-state index contributed by atoms with van der Waals surface area (Å²) in [5, 5.41) is 0. The third kappa shape index (κ3) is 5.53. The van der Waals surface area contributed by atoms with E-state index in [1.165, 1.54) is 25.7 Å². The van der Waals surface area contributed by atoms with E-state index in [4.69, 9.17) is 10.5 Å². The molecule has 2 N–H and O–H groups in total. The molecule has 1 rings (SSSR count). The summed E-state index contributed by atoms with van der Waals surface area (Å²) in [6.45, 7) is 5.39. The third-order valence-corrected chi connectivity index (χ3v) is 3.49. The van der Waals surface area contributed by atoms with E-state index in [9.17, 15) is 0 Å². The maximum Gasteiger partial charge on any atom is 0.0577 e. The molecule has 0 aliphatic heterocycles. The minimum atomic E-state index is 0.374. The van der Waals surface area contributed by atoms with E-state index in [1.54, 1.807) is 0 Å². The molecule has 3 unspecified atom stereocenters. The third-order valence-electron chi connectivity index (χ3n) is 3.49. The molecule has 0 aromatic heterocycles. The van der Waals surface area contributed by atoms with Gasteiger partial charge in [-0.3, -0.25) is 0 Å². The standard InChI is InChI=1S/C13H27NO/c1-3-12(14)7-5-9-15-13-8-4-6-11(2)10-13/h11-13H,3-10,14H2,1-2H3. The van der Waals surface area contributed by atoms with Crippen LogP contribution in [0.5, 0.6) is 0 Å². The highest BCUT2D eigenvalue weighted by Gasteiger charge is 2.18. The van der Waals surface area contributed by atoms with Crippen molar-refractivity contribution in [2.45, 2.75) is 70.9 Å². The lowest BCUT2D eigenvalue weighted by molar-refractivity contribution is 0.0133. The Morgan fingerprint density at radius 2 is 2.20 bits per heavy atom. The SMILES string of the molecule is CCC(N)CCCOC1CCCC(C)C1. The van der Waals surface area contributed by atoms with Crippen molar-refractivity contribution in [1.29, 1.82) is 0 Å². The van der Waals surface area contributed by atoms with Gasteiger partial charge in [-0.05, 0) is 38.0 Å². The average molecular weight is 213 g/mol. The van der Waals surface area contributed by atoms with Gasteiger partial charge in [0.2, 0.25) is 0 Å². The topological polar surface area (TPSA) is 35.2 Å². The Labute approximate surface area is 94.6 Å². The van der Waals surface area contributed by atoms with E-state index >= 15 is 0 Å². The highest BCUT2D eigenvalue weighted by molar-refractivity contribution is 4.70. The Hall–Kier alpha value is -0.0800. The second kappa shape index (κ2) is 7.24. The van der Waals surface area contributed by atoms with Gasteiger partial charge in [-0.2, -0.15) is 0 Å². The van der Waals surface area contributed by atoms with Crippen LogP contribution in [0.4, 0.5) is 0 Å². The molecular weight excluding hydrogens is 186 g/mol. The minimum absolute atomic E-state index is 0.374. The summed E-state index contributed by atoms with van der Waals surface area (Å²) in [5.41, 5.74) is 5.86. The lowest BCUT2D eigenvalue weighted by Gasteiger charge is -2.26. The molecule has 90 valence electrons. The van der Waals surface area contributed by atoms with Crippen LogP contribution in [-0.2, 0) is 4.74 Å². The molecule has 0 aromatic carbocycles. The fourth-order valence-electron chi connectivity index (χ4n) is 2.33. The first kappa shape index (κ1) is 13.0. The van der Waals surface area contributed by atoms with E-state index in [0.29, 0.717) is 12.1 Å². The first-order valence-corrected chi connectivity index (χ1v) is 6.59. The summed E-state index contributed by atoms with van der Waals surface area (Å²) in [7, 11) is 0. The molecule has 1 aliphatic carbocycles. The van der Waals surface area contributed by atoms with Crippen LogP contribution in [0.25, 0.3) is 0 Å². The number of hydrogen-bond donors (Lipinski definition) is 1. The highest BCUT2D eigenvalue weighted by Crippen LogP contribution is 2.25. The number of hydrogen-bond acceptors (Lipinski definition) is 2. The molecule has 2 heteroatoms. The predicted octanol–water partition coefficient (Wildman–Crippen LogP) is 3.10. The Kier molecular flexibility index (Phi) is 6.26. The van der Waals surface area contributed by atoms with E-state index in [0.717, 1.165) is 31.8 Å². The zero-order valence-electron chi connectivity index (χ0n) is 10.4. The first-order chi connectivity index (χ1) is 7.22. The molecule has 0 aromatic rings. The zero-order valence-corrected chi connectivity index (χ0v) is 10.4. The predicted molar refractivity (Wildman–Crippen MR) is 64.9 cm³/mol. The van der Waals surface area contributed by atoms with E-state index in [1.807, 2.05) is 0 Å². The van der Waals surface area contributed by atoms with Crippen LogP contribution < -0.4 is 5.73 Å². The van der Waals surface area contributed by atoms with Gasteiger partial charge in [-0.1, -0.05) is 26.7 Å². The molecule has 2 nitrogen and oxygen atoms in total. The van der Waals surface area contributed by atoms with Crippen molar-refractivity contribution < 1.29 is 4.74 Å². The van der Waals surface area contributed by atoms with Crippen LogP contribution in [-0.4, -0.2) is 18.8 Å². The maximum absolute atomic E-state index is 5.89. The number of rotatable bonds is 6. The summed E-state index contributed by atoms with van der Waals surface area (Å²) in [4.78, 5) is 0. The summed E-state index contributed by atoms with van der Waals surface area (Å²) in [6, 6.07) is 0.374. The van der Waals surface area contributed by atoms with Crippen molar-refractivity contribution in [3.63, 3.8) is 0 Å². The molecule has 1 saturated carbocycles. The molecule has 1 fully saturated rings. The van der Waals surface area contributed by atoms with E-state index < -0.39 is 0 Å². The molecule has 0 heterocycles. The molecule has 0 saturated heterocycles.